The summed E-state index contributed by atoms with van der Waals surface area (Å²) in [6, 6.07) is 31.5. The molecule has 0 amide bonds. The zero-order valence-electron chi connectivity index (χ0n) is 17.0. The number of aromatic nitrogens is 1. The largest absolute Gasteiger partial charge is 0.464 e. The second-order valence-corrected chi connectivity index (χ2v) is 8.76. The van der Waals surface area contributed by atoms with Crippen molar-refractivity contribution in [3.05, 3.63) is 129 Å². The van der Waals surface area contributed by atoms with Gasteiger partial charge in [0, 0.05) is 0 Å². The van der Waals surface area contributed by atoms with E-state index in [4.69, 9.17) is 4.74 Å². The van der Waals surface area contributed by atoms with Crippen LogP contribution in [-0.2, 0) is 9.48 Å². The molecule has 0 radical (unpaired) electrons. The molecule has 0 atom stereocenters. The number of carbonyl (C=O) groups excluding carboxylic acids is 1. The molecule has 3 nitrogen and oxygen atoms in total. The van der Waals surface area contributed by atoms with E-state index >= 15 is 0 Å². The molecule has 5 heteroatoms. The zero-order valence-corrected chi connectivity index (χ0v) is 18.6. The Hall–Kier alpha value is -3.15. The molecule has 1 aromatic heterocycles. The molecule has 0 bridgehead atoms. The number of nitrogens with zero attached hydrogens (tertiary/aromatic N) is 1. The lowest BCUT2D eigenvalue weighted by molar-refractivity contribution is 0.0594. The Morgan fingerprint density at radius 2 is 1.35 bits per heavy atom. The number of thiazole rings is 1. The number of ether oxygens (including phenoxy) is 1. The van der Waals surface area contributed by atoms with Gasteiger partial charge in [-0.25, -0.2) is 9.78 Å². The summed E-state index contributed by atoms with van der Waals surface area (Å²) in [5.74, 6) is -0.425. The van der Waals surface area contributed by atoms with Gasteiger partial charge < -0.3 is 4.74 Å². The normalized spacial score (nSPS) is 11.5. The van der Waals surface area contributed by atoms with Gasteiger partial charge in [0.1, 0.15) is 0 Å². The maximum absolute atomic E-state index is 12.0. The van der Waals surface area contributed by atoms with Gasteiger partial charge in [0.15, 0.2) is 5.69 Å². The molecule has 0 saturated carbocycles. The summed E-state index contributed by atoms with van der Waals surface area (Å²) >= 11 is 3.12. The third kappa shape index (κ3) is 4.33. The molecule has 0 unspecified atom stereocenters. The average molecular weight is 444 g/mol. The van der Waals surface area contributed by atoms with Crippen molar-refractivity contribution < 1.29 is 9.53 Å². The van der Waals surface area contributed by atoms with Gasteiger partial charge in [0.05, 0.1) is 22.2 Å². The Kier molecular flexibility index (Phi) is 6.65. The Morgan fingerprint density at radius 3 is 1.81 bits per heavy atom. The Bertz CT molecular complexity index is 1060. The molecule has 0 saturated heterocycles. The smallest absolute Gasteiger partial charge is 0.358 e. The van der Waals surface area contributed by atoms with E-state index in [-0.39, 0.29) is 0 Å². The van der Waals surface area contributed by atoms with Gasteiger partial charge in [0.25, 0.3) is 0 Å². The summed E-state index contributed by atoms with van der Waals surface area (Å²) < 4.78 is 4.41. The Morgan fingerprint density at radius 1 is 0.871 bits per heavy atom. The molecule has 4 aromatic rings. The van der Waals surface area contributed by atoms with Crippen LogP contribution in [0.2, 0.25) is 0 Å². The number of carbonyl (C=O) groups is 1. The van der Waals surface area contributed by atoms with E-state index in [1.165, 1.54) is 35.1 Å². The number of thioether (sulfide) groups is 1. The lowest BCUT2D eigenvalue weighted by atomic mass is 9.84. The van der Waals surface area contributed by atoms with Crippen molar-refractivity contribution in [2.45, 2.75) is 4.75 Å². The van der Waals surface area contributed by atoms with Crippen LogP contribution in [-0.4, -0.2) is 18.1 Å². The first-order valence-corrected chi connectivity index (χ1v) is 11.5. The molecule has 31 heavy (non-hydrogen) atoms. The van der Waals surface area contributed by atoms with Crippen LogP contribution in [0.5, 0.6) is 0 Å². The van der Waals surface area contributed by atoms with E-state index in [0.29, 0.717) is 5.69 Å². The molecular weight excluding hydrogens is 422 g/mol. The number of rotatable bonds is 7. The summed E-state index contributed by atoms with van der Waals surface area (Å²) in [5.41, 5.74) is 5.54. The predicted octanol–water partition coefficient (Wildman–Crippen LogP) is 6.63. The summed E-state index contributed by atoms with van der Waals surface area (Å²) in [6.45, 7) is 0. The van der Waals surface area contributed by atoms with Crippen molar-refractivity contribution in [3.63, 3.8) is 0 Å². The van der Waals surface area contributed by atoms with Gasteiger partial charge in [-0.2, -0.15) is 0 Å². The highest BCUT2D eigenvalue weighted by Gasteiger charge is 2.36. The van der Waals surface area contributed by atoms with Crippen molar-refractivity contribution >= 4 is 35.1 Å². The first kappa shape index (κ1) is 21.1. The van der Waals surface area contributed by atoms with E-state index in [0.717, 1.165) is 4.88 Å². The quantitative estimate of drug-likeness (QED) is 0.237. The number of hydrogen-bond acceptors (Lipinski definition) is 5. The number of methoxy groups -OCH3 is 1. The minimum Gasteiger partial charge on any atom is -0.464 e. The van der Waals surface area contributed by atoms with Crippen LogP contribution in [0.25, 0.3) is 6.08 Å². The van der Waals surface area contributed by atoms with Crippen molar-refractivity contribution in [2.24, 2.45) is 0 Å². The SMILES string of the molecule is COC(=O)c1ncsc1/C=C\SC(c1ccccc1)(c1ccccc1)c1ccccc1. The second-order valence-electron chi connectivity index (χ2n) is 6.76. The minimum atomic E-state index is -0.448. The molecule has 4 rings (SSSR count). The van der Waals surface area contributed by atoms with Crippen LogP contribution in [0.4, 0.5) is 0 Å². The predicted molar refractivity (Wildman–Crippen MR) is 129 cm³/mol. The number of benzene rings is 3. The highest BCUT2D eigenvalue weighted by atomic mass is 32.2. The standard InChI is InChI=1S/C26H21NO2S2/c1-29-25(28)24-23(30-19-27-24)17-18-31-26(20-11-5-2-6-12-20,21-13-7-3-8-14-21)22-15-9-4-10-16-22/h2-19H,1H3/b18-17-. The average Bonchev–Trinajstić information content (AvgIpc) is 3.32. The van der Waals surface area contributed by atoms with Gasteiger partial charge >= 0.3 is 5.97 Å². The fourth-order valence-electron chi connectivity index (χ4n) is 3.54. The maximum Gasteiger partial charge on any atom is 0.358 e. The van der Waals surface area contributed by atoms with E-state index in [9.17, 15) is 4.79 Å². The lowest BCUT2D eigenvalue weighted by Gasteiger charge is -2.34. The molecule has 0 aliphatic rings. The zero-order chi connectivity index (χ0) is 21.5. The molecule has 0 aliphatic heterocycles. The molecule has 0 fully saturated rings. The van der Waals surface area contributed by atoms with Crippen LogP contribution in [0.15, 0.2) is 102 Å². The van der Waals surface area contributed by atoms with E-state index in [2.05, 4.69) is 77.8 Å². The summed E-state index contributed by atoms with van der Waals surface area (Å²) in [6.07, 6.45) is 1.94. The van der Waals surface area contributed by atoms with Gasteiger partial charge in [-0.3, -0.25) is 0 Å². The summed E-state index contributed by atoms with van der Waals surface area (Å²) in [4.78, 5) is 16.9. The highest BCUT2D eigenvalue weighted by molar-refractivity contribution is 8.03. The summed E-state index contributed by atoms with van der Waals surface area (Å²) in [5, 5.41) is 2.05. The minimum absolute atomic E-state index is 0.342. The van der Waals surface area contributed by atoms with Crippen LogP contribution in [0.3, 0.4) is 0 Å². The number of hydrogen-bond donors (Lipinski definition) is 0. The fraction of sp³-hybridized carbons (Fsp3) is 0.0769. The van der Waals surface area contributed by atoms with Gasteiger partial charge in [-0.1, -0.05) is 91.0 Å². The van der Waals surface area contributed by atoms with Gasteiger partial charge in [0.2, 0.25) is 0 Å². The maximum atomic E-state index is 12.0. The monoisotopic (exact) mass is 443 g/mol. The highest BCUT2D eigenvalue weighted by Crippen LogP contribution is 2.49. The van der Waals surface area contributed by atoms with Crippen LogP contribution in [0.1, 0.15) is 32.1 Å². The van der Waals surface area contributed by atoms with E-state index in [1.807, 2.05) is 29.7 Å². The topological polar surface area (TPSA) is 39.2 Å². The molecule has 1 heterocycles. The third-order valence-corrected chi connectivity index (χ3v) is 7.11. The van der Waals surface area contributed by atoms with E-state index in [1.54, 1.807) is 17.3 Å². The fourth-order valence-corrected chi connectivity index (χ4v) is 5.52. The lowest BCUT2D eigenvalue weighted by Crippen LogP contribution is -2.24. The van der Waals surface area contributed by atoms with Crippen LogP contribution < -0.4 is 0 Å². The summed E-state index contributed by atoms with van der Waals surface area (Å²) in [7, 11) is 1.37. The molecule has 0 spiro atoms. The molecule has 0 aliphatic carbocycles. The number of esters is 1. The van der Waals surface area contributed by atoms with Gasteiger partial charge in [-0.05, 0) is 28.2 Å². The van der Waals surface area contributed by atoms with Crippen molar-refractivity contribution in [1.82, 2.24) is 4.98 Å². The first-order chi connectivity index (χ1) is 15.3. The third-order valence-electron chi connectivity index (χ3n) is 4.98. The van der Waals surface area contributed by atoms with Crippen molar-refractivity contribution in [2.75, 3.05) is 7.11 Å². The van der Waals surface area contributed by atoms with Gasteiger partial charge in [-0.15, -0.1) is 23.1 Å². The Balaban J connectivity index is 1.83. The van der Waals surface area contributed by atoms with Crippen molar-refractivity contribution in [1.29, 1.82) is 0 Å². The second kappa shape index (κ2) is 9.77. The molecule has 0 N–H and O–H groups in total. The van der Waals surface area contributed by atoms with Crippen LogP contribution in [0, 0.1) is 0 Å². The molecule has 154 valence electrons. The van der Waals surface area contributed by atoms with Crippen molar-refractivity contribution in [3.8, 4) is 0 Å². The first-order valence-electron chi connectivity index (χ1n) is 9.78. The van der Waals surface area contributed by atoms with Crippen LogP contribution >= 0.6 is 23.1 Å². The van der Waals surface area contributed by atoms with E-state index < -0.39 is 10.7 Å². The Labute approximate surface area is 190 Å². The molecule has 3 aromatic carbocycles. The molecular formula is C26H21NO2S2.